The van der Waals surface area contributed by atoms with Gasteiger partial charge in [0.15, 0.2) is 0 Å². The van der Waals surface area contributed by atoms with Crippen molar-refractivity contribution in [3.05, 3.63) is 38.7 Å². The van der Waals surface area contributed by atoms with E-state index < -0.39 is 17.2 Å². The number of hydrogen-bond donors (Lipinski definition) is 3. The minimum Gasteiger partial charge on any atom is -0.273 e. The summed E-state index contributed by atoms with van der Waals surface area (Å²) in [7, 11) is 0. The summed E-state index contributed by atoms with van der Waals surface area (Å²) in [4.78, 5) is 35.7. The summed E-state index contributed by atoms with van der Waals surface area (Å²) in [6.07, 6.45) is 8.61. The van der Waals surface area contributed by atoms with E-state index in [-0.39, 0.29) is 12.1 Å². The molecule has 2 rings (SSSR count). The van der Waals surface area contributed by atoms with Crippen LogP contribution in [0.4, 0.5) is 0 Å². The average molecular weight is 277 g/mol. The van der Waals surface area contributed by atoms with E-state index >= 15 is 0 Å². The first-order valence-electron chi connectivity index (χ1n) is 6.30. The zero-order chi connectivity index (χ0) is 14.4. The van der Waals surface area contributed by atoms with Gasteiger partial charge in [-0.15, -0.1) is 0 Å². The van der Waals surface area contributed by atoms with Crippen LogP contribution in [0.3, 0.4) is 0 Å². The highest BCUT2D eigenvalue weighted by Crippen LogP contribution is 2.15. The molecule has 1 aliphatic rings. The van der Waals surface area contributed by atoms with E-state index in [0.717, 1.165) is 19.3 Å². The van der Waals surface area contributed by atoms with Crippen LogP contribution in [0.25, 0.3) is 0 Å². The number of allylic oxidation sites excluding steroid dienone is 2. The Morgan fingerprint density at radius 1 is 1.50 bits per heavy atom. The molecular weight excluding hydrogens is 262 g/mol. The average Bonchev–Trinajstić information content (AvgIpc) is 2.43. The largest absolute Gasteiger partial charge is 0.342 e. The van der Waals surface area contributed by atoms with Gasteiger partial charge in [-0.2, -0.15) is 10.2 Å². The Morgan fingerprint density at radius 3 is 3.05 bits per heavy atom. The zero-order valence-corrected chi connectivity index (χ0v) is 10.8. The molecular formula is C12H15N5O3. The number of rotatable bonds is 4. The highest BCUT2D eigenvalue weighted by atomic mass is 16.2. The van der Waals surface area contributed by atoms with Crippen LogP contribution in [0.5, 0.6) is 0 Å². The molecule has 8 heteroatoms. The van der Waals surface area contributed by atoms with Crippen LogP contribution in [0, 0.1) is 5.92 Å². The lowest BCUT2D eigenvalue weighted by Gasteiger charge is -2.11. The van der Waals surface area contributed by atoms with E-state index in [1.165, 1.54) is 0 Å². The Labute approximate surface area is 114 Å². The lowest BCUT2D eigenvalue weighted by atomic mass is 9.96. The van der Waals surface area contributed by atoms with Gasteiger partial charge in [0, 0.05) is 6.21 Å². The third-order valence-corrected chi connectivity index (χ3v) is 2.89. The lowest BCUT2D eigenvalue weighted by molar-refractivity contribution is -0.120. The number of aromatic amines is 2. The van der Waals surface area contributed by atoms with Crippen molar-refractivity contribution < 1.29 is 4.79 Å². The van der Waals surface area contributed by atoms with Crippen LogP contribution in [0.2, 0.25) is 0 Å². The van der Waals surface area contributed by atoms with Gasteiger partial charge in [-0.25, -0.2) is 15.3 Å². The van der Waals surface area contributed by atoms with Crippen LogP contribution in [-0.4, -0.2) is 27.3 Å². The molecule has 0 fully saturated rings. The molecule has 8 nitrogen and oxygen atoms in total. The first-order chi connectivity index (χ1) is 9.65. The fourth-order valence-corrected chi connectivity index (χ4v) is 1.85. The van der Waals surface area contributed by atoms with E-state index in [1.807, 2.05) is 4.98 Å². The molecule has 3 N–H and O–H groups in total. The number of carbonyl (C=O) groups excluding carboxylic acids is 1. The maximum absolute atomic E-state index is 11.6. The third-order valence-electron chi connectivity index (χ3n) is 2.89. The number of nitrogens with one attached hydrogen (secondary N) is 3. The molecule has 0 saturated carbocycles. The Morgan fingerprint density at radius 2 is 2.35 bits per heavy atom. The normalized spacial score (nSPS) is 18.3. The molecule has 0 aliphatic heterocycles. The molecule has 0 radical (unpaired) electrons. The highest BCUT2D eigenvalue weighted by molar-refractivity contribution is 5.78. The molecule has 106 valence electrons. The van der Waals surface area contributed by atoms with E-state index in [9.17, 15) is 14.4 Å². The molecule has 1 heterocycles. The van der Waals surface area contributed by atoms with Crippen LogP contribution >= 0.6 is 0 Å². The van der Waals surface area contributed by atoms with Gasteiger partial charge in [0.2, 0.25) is 5.91 Å². The Bertz CT molecular complexity index is 643. The molecule has 1 amide bonds. The van der Waals surface area contributed by atoms with E-state index in [4.69, 9.17) is 0 Å². The number of nitrogens with zero attached hydrogens (tertiary/aromatic N) is 2. The maximum atomic E-state index is 11.6. The van der Waals surface area contributed by atoms with Gasteiger partial charge in [-0.1, -0.05) is 12.2 Å². The van der Waals surface area contributed by atoms with Gasteiger partial charge in [0.1, 0.15) is 5.69 Å². The molecule has 0 saturated heterocycles. The number of hydrogen-bond acceptors (Lipinski definition) is 5. The molecule has 20 heavy (non-hydrogen) atoms. The van der Waals surface area contributed by atoms with Crippen LogP contribution in [0.1, 0.15) is 25.0 Å². The minimum atomic E-state index is -0.706. The van der Waals surface area contributed by atoms with Crippen molar-refractivity contribution in [1.82, 2.24) is 20.6 Å². The van der Waals surface area contributed by atoms with Gasteiger partial charge < -0.3 is 0 Å². The summed E-state index contributed by atoms with van der Waals surface area (Å²) >= 11 is 0. The fraction of sp³-hybridized carbons (Fsp3) is 0.417. The van der Waals surface area contributed by atoms with Crippen molar-refractivity contribution in [2.24, 2.45) is 11.0 Å². The molecule has 0 spiro atoms. The zero-order valence-electron chi connectivity index (χ0n) is 10.8. The summed E-state index contributed by atoms with van der Waals surface area (Å²) in [6, 6.07) is 0. The summed E-state index contributed by atoms with van der Waals surface area (Å²) in [5, 5.41) is 9.45. The molecule has 1 atom stereocenters. The number of carbonyl (C=O) groups is 1. The van der Waals surface area contributed by atoms with Crippen molar-refractivity contribution in [1.29, 1.82) is 0 Å². The van der Waals surface area contributed by atoms with Gasteiger partial charge in [0.25, 0.3) is 5.56 Å². The number of hydrazone groups is 1. The Balaban J connectivity index is 1.86. The summed E-state index contributed by atoms with van der Waals surface area (Å²) in [5.41, 5.74) is 0.903. The Kier molecular flexibility index (Phi) is 4.59. The van der Waals surface area contributed by atoms with Gasteiger partial charge in [0.05, 0.1) is 6.42 Å². The number of H-pyrrole nitrogens is 2. The molecule has 1 aliphatic carbocycles. The second-order valence-corrected chi connectivity index (χ2v) is 4.49. The van der Waals surface area contributed by atoms with Crippen LogP contribution < -0.4 is 16.7 Å². The van der Waals surface area contributed by atoms with Gasteiger partial charge in [-0.05, 0) is 25.2 Å². The van der Waals surface area contributed by atoms with Crippen molar-refractivity contribution in [3.63, 3.8) is 0 Å². The van der Waals surface area contributed by atoms with Crippen molar-refractivity contribution in [2.75, 3.05) is 0 Å². The molecule has 1 aromatic rings. The van der Waals surface area contributed by atoms with Crippen LogP contribution in [0.15, 0.2) is 26.8 Å². The molecule has 1 aromatic heterocycles. The van der Waals surface area contributed by atoms with Gasteiger partial charge in [-0.3, -0.25) is 14.6 Å². The predicted octanol–water partition coefficient (Wildman–Crippen LogP) is -0.541. The second kappa shape index (κ2) is 6.60. The maximum Gasteiger partial charge on any atom is 0.342 e. The van der Waals surface area contributed by atoms with Crippen molar-refractivity contribution in [3.8, 4) is 0 Å². The number of amides is 1. The molecule has 1 unspecified atom stereocenters. The summed E-state index contributed by atoms with van der Waals surface area (Å²) in [5.74, 6) is -0.132. The second-order valence-electron chi connectivity index (χ2n) is 4.49. The fourth-order valence-electron chi connectivity index (χ4n) is 1.85. The first-order valence-corrected chi connectivity index (χ1v) is 6.30. The topological polar surface area (TPSA) is 120 Å². The van der Waals surface area contributed by atoms with Crippen molar-refractivity contribution in [2.45, 2.75) is 25.7 Å². The van der Waals surface area contributed by atoms with Gasteiger partial charge >= 0.3 is 5.69 Å². The highest BCUT2D eigenvalue weighted by Gasteiger charge is 2.09. The Hall–Kier alpha value is -2.51. The molecule has 0 aromatic carbocycles. The monoisotopic (exact) mass is 277 g/mol. The first kappa shape index (κ1) is 13.9. The predicted molar refractivity (Wildman–Crippen MR) is 72.3 cm³/mol. The van der Waals surface area contributed by atoms with E-state index in [0.29, 0.717) is 5.92 Å². The lowest BCUT2D eigenvalue weighted by Crippen LogP contribution is -2.31. The standard InChI is InChI=1S/C12H15N5O3/c18-10(6-9-11(19)14-12(20)17-15-9)16-13-7-8-4-2-1-3-5-8/h1-2,7-8H,3-6H2,(H,16,18)(H2,14,17,19,20). The summed E-state index contributed by atoms with van der Waals surface area (Å²) < 4.78 is 0. The van der Waals surface area contributed by atoms with Crippen molar-refractivity contribution >= 4 is 12.1 Å². The smallest absolute Gasteiger partial charge is 0.273 e. The molecule has 0 bridgehead atoms. The SMILES string of the molecule is O=C(Cc1n[nH]c(=O)[nH]c1=O)NN=CC1CC=CCC1. The quantitative estimate of drug-likeness (QED) is 0.389. The summed E-state index contributed by atoms with van der Waals surface area (Å²) in [6.45, 7) is 0. The van der Waals surface area contributed by atoms with Crippen LogP contribution in [-0.2, 0) is 11.2 Å². The number of aromatic nitrogens is 3. The minimum absolute atomic E-state index is 0.0575. The third kappa shape index (κ3) is 4.01. The van der Waals surface area contributed by atoms with E-state index in [1.54, 1.807) is 6.21 Å². The van der Waals surface area contributed by atoms with E-state index in [2.05, 4.69) is 32.9 Å².